The fourth-order valence-corrected chi connectivity index (χ4v) is 1.70. The number of carbonyl (C=O) groups is 2. The quantitative estimate of drug-likeness (QED) is 0.760. The molecule has 1 aliphatic rings. The van der Waals surface area contributed by atoms with E-state index in [1.807, 2.05) is 0 Å². The predicted molar refractivity (Wildman–Crippen MR) is 66.1 cm³/mol. The van der Waals surface area contributed by atoms with Crippen LogP contribution in [0.2, 0.25) is 0 Å². The molecule has 1 aromatic rings. The first-order chi connectivity index (χ1) is 8.65. The average molecular weight is 244 g/mol. The van der Waals surface area contributed by atoms with Crippen molar-refractivity contribution in [1.82, 2.24) is 0 Å². The summed E-state index contributed by atoms with van der Waals surface area (Å²) in [5, 5.41) is 0. The van der Waals surface area contributed by atoms with Gasteiger partial charge in [-0.05, 0) is 17.7 Å². The number of rotatable bonds is 3. The third kappa shape index (κ3) is 2.18. The number of hydrogen-bond donors (Lipinski definition) is 0. The lowest BCUT2D eigenvalue weighted by Crippen LogP contribution is -2.13. The first-order valence-electron chi connectivity index (χ1n) is 5.36. The zero-order valence-corrected chi connectivity index (χ0v) is 10.1. The molecule has 92 valence electrons. The molecule has 18 heavy (non-hydrogen) atoms. The zero-order valence-electron chi connectivity index (χ0n) is 10.1. The smallest absolute Gasteiger partial charge is 0.221 e. The topological polar surface area (TPSA) is 52.6 Å². The van der Waals surface area contributed by atoms with Crippen LogP contribution in [0.3, 0.4) is 0 Å². The van der Waals surface area contributed by atoms with E-state index >= 15 is 0 Å². The lowest BCUT2D eigenvalue weighted by molar-refractivity contribution is -0.116. The van der Waals surface area contributed by atoms with E-state index in [1.165, 1.54) is 19.3 Å². The van der Waals surface area contributed by atoms with E-state index < -0.39 is 0 Å². The first-order valence-corrected chi connectivity index (χ1v) is 5.36. The molecule has 0 atom stereocenters. The average Bonchev–Trinajstić information content (AvgIpc) is 2.41. The maximum atomic E-state index is 11.9. The van der Waals surface area contributed by atoms with E-state index in [0.717, 1.165) is 0 Å². The van der Waals surface area contributed by atoms with Gasteiger partial charge in [0.05, 0.1) is 14.2 Å². The minimum Gasteiger partial charge on any atom is -0.497 e. The maximum absolute atomic E-state index is 11.9. The molecule has 0 aromatic heterocycles. The van der Waals surface area contributed by atoms with Crippen molar-refractivity contribution in [2.45, 2.75) is 0 Å². The Labute approximate surface area is 105 Å². The third-order valence-electron chi connectivity index (χ3n) is 2.67. The monoisotopic (exact) mass is 244 g/mol. The second kappa shape index (κ2) is 4.87. The van der Waals surface area contributed by atoms with Gasteiger partial charge >= 0.3 is 0 Å². The molecule has 0 aliphatic heterocycles. The molecule has 0 fully saturated rings. The molecular formula is C14H12O4. The highest BCUT2D eigenvalue weighted by Crippen LogP contribution is 2.23. The van der Waals surface area contributed by atoms with Crippen LogP contribution >= 0.6 is 0 Å². The van der Waals surface area contributed by atoms with E-state index in [1.54, 1.807) is 31.4 Å². The van der Waals surface area contributed by atoms with Crippen molar-refractivity contribution in [1.29, 1.82) is 0 Å². The van der Waals surface area contributed by atoms with Gasteiger partial charge in [-0.2, -0.15) is 0 Å². The van der Waals surface area contributed by atoms with E-state index in [0.29, 0.717) is 16.9 Å². The number of allylic oxidation sites excluding steroid dienone is 3. The van der Waals surface area contributed by atoms with Crippen molar-refractivity contribution in [2.24, 2.45) is 0 Å². The van der Waals surface area contributed by atoms with Gasteiger partial charge in [-0.1, -0.05) is 12.1 Å². The van der Waals surface area contributed by atoms with Gasteiger partial charge < -0.3 is 9.47 Å². The van der Waals surface area contributed by atoms with Crippen LogP contribution in [0.4, 0.5) is 0 Å². The summed E-state index contributed by atoms with van der Waals surface area (Å²) in [6.45, 7) is 0. The normalized spacial score (nSPS) is 15.0. The lowest BCUT2D eigenvalue weighted by Gasteiger charge is -2.11. The molecule has 4 nitrogen and oxygen atoms in total. The molecule has 0 N–H and O–H groups in total. The Morgan fingerprint density at radius 1 is 0.833 bits per heavy atom. The highest BCUT2D eigenvalue weighted by Gasteiger charge is 2.21. The summed E-state index contributed by atoms with van der Waals surface area (Å²) in [5.41, 5.74) is 1.05. The molecule has 1 aromatic carbocycles. The molecule has 0 radical (unpaired) electrons. The van der Waals surface area contributed by atoms with Crippen LogP contribution in [0, 0.1) is 0 Å². The Hall–Kier alpha value is -2.36. The van der Waals surface area contributed by atoms with Crippen LogP contribution in [0.15, 0.2) is 42.2 Å². The van der Waals surface area contributed by atoms with Gasteiger partial charge in [-0.3, -0.25) is 9.59 Å². The van der Waals surface area contributed by atoms with Gasteiger partial charge in [0.15, 0.2) is 11.5 Å². The Balaban J connectivity index is 2.34. The van der Waals surface area contributed by atoms with Crippen molar-refractivity contribution in [2.75, 3.05) is 14.2 Å². The van der Waals surface area contributed by atoms with Gasteiger partial charge in [0.1, 0.15) is 5.75 Å². The Morgan fingerprint density at radius 2 is 1.50 bits per heavy atom. The van der Waals surface area contributed by atoms with Crippen LogP contribution < -0.4 is 4.74 Å². The van der Waals surface area contributed by atoms with Crippen LogP contribution in [0.5, 0.6) is 5.75 Å². The molecule has 2 rings (SSSR count). The summed E-state index contributed by atoms with van der Waals surface area (Å²) in [6, 6.07) is 6.95. The molecule has 0 saturated carbocycles. The second-order valence-corrected chi connectivity index (χ2v) is 3.73. The minimum absolute atomic E-state index is 0.0669. The van der Waals surface area contributed by atoms with Crippen LogP contribution in [-0.4, -0.2) is 25.8 Å². The molecular weight excluding hydrogens is 232 g/mol. The molecule has 0 bridgehead atoms. The largest absolute Gasteiger partial charge is 0.497 e. The third-order valence-corrected chi connectivity index (χ3v) is 2.67. The van der Waals surface area contributed by atoms with Crippen molar-refractivity contribution in [3.8, 4) is 5.75 Å². The number of benzene rings is 1. The van der Waals surface area contributed by atoms with E-state index in [2.05, 4.69) is 0 Å². The standard InChI is InChI=1S/C14H12O4/c1-17-10-5-3-9(4-6-10)11-7-13(16)14(18-2)8-12(11)15/h3-8H,1-2H3. The summed E-state index contributed by atoms with van der Waals surface area (Å²) >= 11 is 0. The SMILES string of the molecule is COC1=CC(=O)C(c2ccc(OC)cc2)=CC1=O. The predicted octanol–water partition coefficient (Wildman–Crippen LogP) is 1.76. The van der Waals surface area contributed by atoms with Gasteiger partial charge in [-0.25, -0.2) is 0 Å². The number of methoxy groups -OCH3 is 2. The Morgan fingerprint density at radius 3 is 2.06 bits per heavy atom. The summed E-state index contributed by atoms with van der Waals surface area (Å²) in [6.07, 6.45) is 2.50. The summed E-state index contributed by atoms with van der Waals surface area (Å²) in [4.78, 5) is 23.5. The van der Waals surface area contributed by atoms with Crippen molar-refractivity contribution in [3.05, 3.63) is 47.7 Å². The van der Waals surface area contributed by atoms with Crippen molar-refractivity contribution in [3.63, 3.8) is 0 Å². The number of hydrogen-bond acceptors (Lipinski definition) is 4. The highest BCUT2D eigenvalue weighted by molar-refractivity contribution is 6.34. The van der Waals surface area contributed by atoms with E-state index in [4.69, 9.17) is 9.47 Å². The fraction of sp³-hybridized carbons (Fsp3) is 0.143. The highest BCUT2D eigenvalue weighted by atomic mass is 16.5. The van der Waals surface area contributed by atoms with Gasteiger partial charge in [0.25, 0.3) is 0 Å². The number of carbonyl (C=O) groups excluding carboxylic acids is 2. The fourth-order valence-electron chi connectivity index (χ4n) is 1.70. The number of ether oxygens (including phenoxy) is 2. The van der Waals surface area contributed by atoms with Crippen molar-refractivity contribution < 1.29 is 19.1 Å². The Bertz CT molecular complexity index is 550. The van der Waals surface area contributed by atoms with E-state index in [9.17, 15) is 9.59 Å². The van der Waals surface area contributed by atoms with Crippen LogP contribution in [-0.2, 0) is 14.3 Å². The van der Waals surface area contributed by atoms with E-state index in [-0.39, 0.29) is 17.3 Å². The zero-order chi connectivity index (χ0) is 13.1. The van der Waals surface area contributed by atoms with Crippen LogP contribution in [0.25, 0.3) is 5.57 Å². The summed E-state index contributed by atoms with van der Waals surface area (Å²) < 4.78 is 9.86. The number of ketones is 2. The molecule has 0 saturated heterocycles. The molecule has 4 heteroatoms. The molecule has 1 aliphatic carbocycles. The molecule has 0 amide bonds. The first kappa shape index (κ1) is 12.1. The summed E-state index contributed by atoms with van der Waals surface area (Å²) in [5.74, 6) is 0.221. The maximum Gasteiger partial charge on any atom is 0.221 e. The van der Waals surface area contributed by atoms with Crippen molar-refractivity contribution >= 4 is 17.1 Å². The molecule has 0 heterocycles. The lowest BCUT2D eigenvalue weighted by atomic mass is 9.95. The van der Waals surface area contributed by atoms with Gasteiger partial charge in [-0.15, -0.1) is 0 Å². The minimum atomic E-state index is -0.303. The second-order valence-electron chi connectivity index (χ2n) is 3.73. The van der Waals surface area contributed by atoms with Crippen LogP contribution in [0.1, 0.15) is 5.56 Å². The van der Waals surface area contributed by atoms with Gasteiger partial charge in [0.2, 0.25) is 5.78 Å². The van der Waals surface area contributed by atoms with Gasteiger partial charge in [0, 0.05) is 17.7 Å². The Kier molecular flexibility index (Phi) is 3.28. The summed E-state index contributed by atoms with van der Waals surface area (Å²) in [7, 11) is 2.93. The molecule has 0 spiro atoms. The molecule has 0 unspecified atom stereocenters.